The summed E-state index contributed by atoms with van der Waals surface area (Å²) in [5.41, 5.74) is 0.559. The van der Waals surface area contributed by atoms with Crippen LogP contribution in [0.4, 0.5) is 0 Å². The van der Waals surface area contributed by atoms with Gasteiger partial charge in [-0.2, -0.15) is 0 Å². The topological polar surface area (TPSA) is 58.2 Å². The Morgan fingerprint density at radius 1 is 1.16 bits per heavy atom. The molecule has 1 atom stereocenters. The van der Waals surface area contributed by atoms with Gasteiger partial charge in [0, 0.05) is 5.41 Å². The summed E-state index contributed by atoms with van der Waals surface area (Å²) >= 11 is 0. The van der Waals surface area contributed by atoms with Crippen molar-refractivity contribution in [3.63, 3.8) is 0 Å². The lowest BCUT2D eigenvalue weighted by Gasteiger charge is -2.18. The molecule has 2 amide bonds. The van der Waals surface area contributed by atoms with Crippen LogP contribution in [0, 0.1) is 5.41 Å². The zero-order chi connectivity index (χ0) is 14.5. The fourth-order valence-corrected chi connectivity index (χ4v) is 1.54. The van der Waals surface area contributed by atoms with Gasteiger partial charge in [-0.25, -0.2) is 0 Å². The van der Waals surface area contributed by atoms with Crippen molar-refractivity contribution >= 4 is 11.8 Å². The molecular formula is C15H22N2O2. The highest BCUT2D eigenvalue weighted by molar-refractivity contribution is 5.87. The maximum absolute atomic E-state index is 11.7. The number of carbonyl (C=O) groups excluding carboxylic acids is 2. The molecule has 1 rings (SSSR count). The van der Waals surface area contributed by atoms with Gasteiger partial charge in [-0.15, -0.1) is 0 Å². The molecule has 0 fully saturated rings. The fourth-order valence-electron chi connectivity index (χ4n) is 1.54. The Morgan fingerprint density at radius 2 is 1.74 bits per heavy atom. The van der Waals surface area contributed by atoms with Gasteiger partial charge in [0.2, 0.25) is 11.8 Å². The van der Waals surface area contributed by atoms with E-state index < -0.39 is 5.41 Å². The summed E-state index contributed by atoms with van der Waals surface area (Å²) in [6.45, 7) is 7.36. The Labute approximate surface area is 114 Å². The van der Waals surface area contributed by atoms with Crippen LogP contribution in [0.15, 0.2) is 30.3 Å². The molecule has 0 aliphatic rings. The molecule has 0 bridgehead atoms. The highest BCUT2D eigenvalue weighted by Gasteiger charge is 2.21. The molecular weight excluding hydrogens is 240 g/mol. The van der Waals surface area contributed by atoms with Crippen molar-refractivity contribution in [2.45, 2.75) is 33.7 Å². The van der Waals surface area contributed by atoms with Crippen molar-refractivity contribution in [3.8, 4) is 0 Å². The molecule has 0 saturated carbocycles. The predicted octanol–water partition coefficient (Wildman–Crippen LogP) is 2.03. The molecule has 1 aromatic rings. The van der Waals surface area contributed by atoms with Gasteiger partial charge in [0.25, 0.3) is 0 Å². The van der Waals surface area contributed by atoms with E-state index in [1.165, 1.54) is 0 Å². The van der Waals surface area contributed by atoms with Gasteiger partial charge < -0.3 is 10.6 Å². The Kier molecular flexibility index (Phi) is 5.10. The first-order valence-corrected chi connectivity index (χ1v) is 6.43. The highest BCUT2D eigenvalue weighted by atomic mass is 16.2. The standard InChI is InChI=1S/C15H22N2O2/c1-11(12-8-6-5-7-9-12)17-13(18)10-16-14(19)15(2,3)4/h5-9,11H,10H2,1-4H3,(H,16,19)(H,17,18). The second-order valence-corrected chi connectivity index (χ2v) is 5.63. The van der Waals surface area contributed by atoms with Gasteiger partial charge in [-0.05, 0) is 12.5 Å². The molecule has 0 saturated heterocycles. The minimum atomic E-state index is -0.481. The van der Waals surface area contributed by atoms with Crippen LogP contribution in [-0.4, -0.2) is 18.4 Å². The molecule has 104 valence electrons. The third-order valence-electron chi connectivity index (χ3n) is 2.77. The van der Waals surface area contributed by atoms with Crippen molar-refractivity contribution < 1.29 is 9.59 Å². The molecule has 4 nitrogen and oxygen atoms in total. The Morgan fingerprint density at radius 3 is 2.26 bits per heavy atom. The molecule has 1 unspecified atom stereocenters. The molecule has 19 heavy (non-hydrogen) atoms. The maximum Gasteiger partial charge on any atom is 0.239 e. The third kappa shape index (κ3) is 5.12. The number of hydrogen-bond acceptors (Lipinski definition) is 2. The molecule has 1 aromatic carbocycles. The number of nitrogens with one attached hydrogen (secondary N) is 2. The minimum Gasteiger partial charge on any atom is -0.348 e. The van der Waals surface area contributed by atoms with Crippen LogP contribution < -0.4 is 10.6 Å². The van der Waals surface area contributed by atoms with E-state index in [4.69, 9.17) is 0 Å². The van der Waals surface area contributed by atoms with Gasteiger partial charge in [-0.1, -0.05) is 51.1 Å². The number of hydrogen-bond donors (Lipinski definition) is 2. The first kappa shape index (κ1) is 15.2. The summed E-state index contributed by atoms with van der Waals surface area (Å²) in [5, 5.41) is 5.48. The van der Waals surface area contributed by atoms with E-state index in [0.717, 1.165) is 5.56 Å². The molecule has 0 spiro atoms. The molecule has 0 radical (unpaired) electrons. The average Bonchev–Trinajstić information content (AvgIpc) is 2.35. The Balaban J connectivity index is 2.42. The second kappa shape index (κ2) is 6.36. The molecule has 4 heteroatoms. The van der Waals surface area contributed by atoms with Crippen LogP contribution in [0.25, 0.3) is 0 Å². The third-order valence-corrected chi connectivity index (χ3v) is 2.77. The molecule has 2 N–H and O–H groups in total. The largest absolute Gasteiger partial charge is 0.348 e. The van der Waals surface area contributed by atoms with E-state index in [1.54, 1.807) is 0 Å². The van der Waals surface area contributed by atoms with Gasteiger partial charge in [0.1, 0.15) is 0 Å². The zero-order valence-electron chi connectivity index (χ0n) is 12.0. The van der Waals surface area contributed by atoms with E-state index in [9.17, 15) is 9.59 Å². The summed E-state index contributed by atoms with van der Waals surface area (Å²) in [6, 6.07) is 9.64. The fraction of sp³-hybridized carbons (Fsp3) is 0.467. The van der Waals surface area contributed by atoms with E-state index in [1.807, 2.05) is 58.0 Å². The van der Waals surface area contributed by atoms with Gasteiger partial charge in [0.05, 0.1) is 12.6 Å². The van der Waals surface area contributed by atoms with E-state index in [2.05, 4.69) is 10.6 Å². The van der Waals surface area contributed by atoms with Crippen LogP contribution in [-0.2, 0) is 9.59 Å². The molecule has 0 aliphatic heterocycles. The van der Waals surface area contributed by atoms with Gasteiger partial charge in [-0.3, -0.25) is 9.59 Å². The lowest BCUT2D eigenvalue weighted by atomic mass is 9.96. The van der Waals surface area contributed by atoms with Gasteiger partial charge in [0.15, 0.2) is 0 Å². The molecule has 0 aromatic heterocycles. The summed E-state index contributed by atoms with van der Waals surface area (Å²) < 4.78 is 0. The van der Waals surface area contributed by atoms with E-state index in [0.29, 0.717) is 0 Å². The maximum atomic E-state index is 11.7. The van der Waals surface area contributed by atoms with Crippen molar-refractivity contribution in [2.24, 2.45) is 5.41 Å². The number of amides is 2. The predicted molar refractivity (Wildman–Crippen MR) is 75.5 cm³/mol. The number of benzene rings is 1. The lowest BCUT2D eigenvalue weighted by molar-refractivity contribution is -0.131. The van der Waals surface area contributed by atoms with Gasteiger partial charge >= 0.3 is 0 Å². The van der Waals surface area contributed by atoms with Crippen LogP contribution in [0.5, 0.6) is 0 Å². The number of carbonyl (C=O) groups is 2. The van der Waals surface area contributed by atoms with Crippen LogP contribution in [0.1, 0.15) is 39.3 Å². The molecule has 0 aliphatic carbocycles. The normalized spacial score (nSPS) is 12.6. The Hall–Kier alpha value is -1.84. The van der Waals surface area contributed by atoms with Crippen molar-refractivity contribution in [2.75, 3.05) is 6.54 Å². The average molecular weight is 262 g/mol. The SMILES string of the molecule is CC(NC(=O)CNC(=O)C(C)(C)C)c1ccccc1. The van der Waals surface area contributed by atoms with Crippen molar-refractivity contribution in [3.05, 3.63) is 35.9 Å². The minimum absolute atomic E-state index is 0.00722. The summed E-state index contributed by atoms with van der Waals surface area (Å²) in [7, 11) is 0. The summed E-state index contributed by atoms with van der Waals surface area (Å²) in [4.78, 5) is 23.4. The Bertz CT molecular complexity index is 435. The summed E-state index contributed by atoms with van der Waals surface area (Å²) in [6.07, 6.45) is 0. The smallest absolute Gasteiger partial charge is 0.239 e. The quantitative estimate of drug-likeness (QED) is 0.872. The van der Waals surface area contributed by atoms with E-state index in [-0.39, 0.29) is 24.4 Å². The number of rotatable bonds is 4. The molecule has 0 heterocycles. The lowest BCUT2D eigenvalue weighted by Crippen LogP contribution is -2.42. The first-order chi connectivity index (χ1) is 8.80. The van der Waals surface area contributed by atoms with Crippen LogP contribution in [0.2, 0.25) is 0 Å². The van der Waals surface area contributed by atoms with Crippen LogP contribution in [0.3, 0.4) is 0 Å². The van der Waals surface area contributed by atoms with Crippen molar-refractivity contribution in [1.29, 1.82) is 0 Å². The van der Waals surface area contributed by atoms with Crippen LogP contribution >= 0.6 is 0 Å². The second-order valence-electron chi connectivity index (χ2n) is 5.63. The monoisotopic (exact) mass is 262 g/mol. The summed E-state index contributed by atoms with van der Waals surface area (Å²) in [5.74, 6) is -0.316. The zero-order valence-corrected chi connectivity index (χ0v) is 12.0. The van der Waals surface area contributed by atoms with Crippen molar-refractivity contribution in [1.82, 2.24) is 10.6 Å². The highest BCUT2D eigenvalue weighted by Crippen LogP contribution is 2.12. The van der Waals surface area contributed by atoms with E-state index >= 15 is 0 Å². The first-order valence-electron chi connectivity index (χ1n) is 6.43.